The number of hydrogen-bond donors (Lipinski definition) is 2. The van der Waals surface area contributed by atoms with E-state index in [1.807, 2.05) is 25.7 Å². The highest BCUT2D eigenvalue weighted by molar-refractivity contribution is 5.94. The summed E-state index contributed by atoms with van der Waals surface area (Å²) in [5, 5.41) is 4.96. The summed E-state index contributed by atoms with van der Waals surface area (Å²) in [6, 6.07) is 1.89. The summed E-state index contributed by atoms with van der Waals surface area (Å²) in [4.78, 5) is 31.4. The monoisotopic (exact) mass is 401 g/mol. The Bertz CT molecular complexity index is 678. The van der Waals surface area contributed by atoms with Gasteiger partial charge in [-0.25, -0.2) is 9.78 Å². The van der Waals surface area contributed by atoms with Crippen molar-refractivity contribution in [2.75, 3.05) is 37.6 Å². The van der Waals surface area contributed by atoms with Gasteiger partial charge in [-0.3, -0.25) is 15.0 Å². The summed E-state index contributed by atoms with van der Waals surface area (Å²) in [5.41, 5.74) is -1.19. The molecule has 0 aromatic carbocycles. The predicted octanol–water partition coefficient (Wildman–Crippen LogP) is 2.24. The molecule has 1 aromatic rings. The first-order valence-corrected chi connectivity index (χ1v) is 9.06. The Balaban J connectivity index is 1.74. The molecular formula is C18H26F3N5O2. The van der Waals surface area contributed by atoms with Crippen LogP contribution >= 0.6 is 0 Å². The number of piperazine rings is 1. The van der Waals surface area contributed by atoms with E-state index in [0.717, 1.165) is 12.3 Å². The first kappa shape index (κ1) is 21.9. The van der Waals surface area contributed by atoms with Crippen molar-refractivity contribution in [3.05, 3.63) is 23.9 Å². The number of halogens is 3. The van der Waals surface area contributed by atoms with Gasteiger partial charge in [0.2, 0.25) is 5.91 Å². The summed E-state index contributed by atoms with van der Waals surface area (Å²) in [6.07, 6.45) is -3.36. The molecule has 0 aliphatic carbocycles. The summed E-state index contributed by atoms with van der Waals surface area (Å²) in [6.45, 7) is 8.48. The third kappa shape index (κ3) is 6.99. The standard InChI is InChI=1S/C18H26F3N5O2/c1-17(2,3)24-16(28)23-15(27)6-7-25-8-10-26(11-9-25)14-5-4-13(12-22-14)18(19,20)21/h4-5,12H,6-11H2,1-3H3,(H2,23,24,27,28). The van der Waals surface area contributed by atoms with Gasteiger partial charge in [0.05, 0.1) is 5.56 Å². The maximum Gasteiger partial charge on any atom is 0.417 e. The summed E-state index contributed by atoms with van der Waals surface area (Å²) in [5.74, 6) is 0.151. The van der Waals surface area contributed by atoms with E-state index in [1.54, 1.807) is 0 Å². The van der Waals surface area contributed by atoms with Gasteiger partial charge >= 0.3 is 12.2 Å². The molecule has 28 heavy (non-hydrogen) atoms. The first-order chi connectivity index (χ1) is 12.9. The SMILES string of the molecule is CC(C)(C)NC(=O)NC(=O)CCN1CCN(c2ccc(C(F)(F)F)cn2)CC1. The minimum absolute atomic E-state index is 0.191. The predicted molar refractivity (Wildman–Crippen MR) is 98.9 cm³/mol. The van der Waals surface area contributed by atoms with Gasteiger partial charge in [-0.15, -0.1) is 0 Å². The zero-order valence-corrected chi connectivity index (χ0v) is 16.3. The number of carbonyl (C=O) groups excluding carboxylic acids is 2. The minimum atomic E-state index is -4.39. The number of amides is 3. The van der Waals surface area contributed by atoms with Crippen LogP contribution in [0, 0.1) is 0 Å². The van der Waals surface area contributed by atoms with Gasteiger partial charge in [-0.2, -0.15) is 13.2 Å². The van der Waals surface area contributed by atoms with E-state index < -0.39 is 23.3 Å². The number of alkyl halides is 3. The van der Waals surface area contributed by atoms with Crippen LogP contribution in [-0.2, 0) is 11.0 Å². The summed E-state index contributed by atoms with van der Waals surface area (Å²) in [7, 11) is 0. The van der Waals surface area contributed by atoms with Crippen molar-refractivity contribution in [2.24, 2.45) is 0 Å². The topological polar surface area (TPSA) is 77.6 Å². The second kappa shape index (κ2) is 8.76. The zero-order valence-electron chi connectivity index (χ0n) is 16.3. The van der Waals surface area contributed by atoms with Crippen molar-refractivity contribution in [2.45, 2.75) is 38.9 Å². The molecule has 1 aliphatic rings. The first-order valence-electron chi connectivity index (χ1n) is 9.06. The maximum atomic E-state index is 12.6. The van der Waals surface area contributed by atoms with Crippen LogP contribution in [0.25, 0.3) is 0 Å². The van der Waals surface area contributed by atoms with E-state index in [4.69, 9.17) is 0 Å². The lowest BCUT2D eigenvalue weighted by atomic mass is 10.1. The smallest absolute Gasteiger partial charge is 0.354 e. The van der Waals surface area contributed by atoms with Gasteiger partial charge in [0, 0.05) is 50.9 Å². The fraction of sp³-hybridized carbons (Fsp3) is 0.611. The Labute approximate surface area is 162 Å². The van der Waals surface area contributed by atoms with Gasteiger partial charge in [-0.1, -0.05) is 0 Å². The van der Waals surface area contributed by atoms with E-state index in [0.29, 0.717) is 38.5 Å². The van der Waals surface area contributed by atoms with Crippen molar-refractivity contribution < 1.29 is 22.8 Å². The number of nitrogens with one attached hydrogen (secondary N) is 2. The molecular weight excluding hydrogens is 375 g/mol. The second-order valence-corrected chi connectivity index (χ2v) is 7.73. The molecule has 1 saturated heterocycles. The van der Waals surface area contributed by atoms with Crippen molar-refractivity contribution >= 4 is 17.8 Å². The molecule has 2 heterocycles. The van der Waals surface area contributed by atoms with Gasteiger partial charge in [0.15, 0.2) is 0 Å². The number of carbonyl (C=O) groups is 2. The van der Waals surface area contributed by atoms with Crippen LogP contribution in [0.4, 0.5) is 23.8 Å². The largest absolute Gasteiger partial charge is 0.417 e. The number of hydrogen-bond acceptors (Lipinski definition) is 5. The quantitative estimate of drug-likeness (QED) is 0.809. The van der Waals surface area contributed by atoms with Crippen LogP contribution < -0.4 is 15.5 Å². The molecule has 0 spiro atoms. The van der Waals surface area contributed by atoms with Crippen LogP contribution in [0.1, 0.15) is 32.8 Å². The van der Waals surface area contributed by atoms with Gasteiger partial charge in [0.1, 0.15) is 5.82 Å². The van der Waals surface area contributed by atoms with Crippen LogP contribution in [0.3, 0.4) is 0 Å². The molecule has 1 aromatic heterocycles. The fourth-order valence-corrected chi connectivity index (χ4v) is 2.76. The van der Waals surface area contributed by atoms with E-state index in [2.05, 4.69) is 20.5 Å². The van der Waals surface area contributed by atoms with Gasteiger partial charge in [0.25, 0.3) is 0 Å². The number of pyridine rings is 1. The molecule has 2 rings (SSSR count). The number of imide groups is 1. The number of urea groups is 1. The number of nitrogens with zero attached hydrogens (tertiary/aromatic N) is 3. The second-order valence-electron chi connectivity index (χ2n) is 7.73. The van der Waals surface area contributed by atoms with Crippen LogP contribution in [0.5, 0.6) is 0 Å². The Morgan fingerprint density at radius 2 is 1.75 bits per heavy atom. The summed E-state index contributed by atoms with van der Waals surface area (Å²) < 4.78 is 37.8. The van der Waals surface area contributed by atoms with Crippen LogP contribution in [-0.4, -0.2) is 60.1 Å². The van der Waals surface area contributed by atoms with Crippen LogP contribution in [0.15, 0.2) is 18.3 Å². The van der Waals surface area contributed by atoms with Crippen molar-refractivity contribution in [3.63, 3.8) is 0 Å². The zero-order chi connectivity index (χ0) is 20.9. The van der Waals surface area contributed by atoms with Crippen molar-refractivity contribution in [3.8, 4) is 0 Å². The van der Waals surface area contributed by atoms with Crippen molar-refractivity contribution in [1.29, 1.82) is 0 Å². The molecule has 0 radical (unpaired) electrons. The minimum Gasteiger partial charge on any atom is -0.354 e. The van der Waals surface area contributed by atoms with Gasteiger partial charge < -0.3 is 10.2 Å². The van der Waals surface area contributed by atoms with E-state index in [-0.39, 0.29) is 12.3 Å². The Morgan fingerprint density at radius 3 is 2.25 bits per heavy atom. The molecule has 0 unspecified atom stereocenters. The molecule has 156 valence electrons. The lowest BCUT2D eigenvalue weighted by Crippen LogP contribution is -2.50. The Kier molecular flexibility index (Phi) is 6.87. The molecule has 0 bridgehead atoms. The molecule has 0 atom stereocenters. The maximum absolute atomic E-state index is 12.6. The van der Waals surface area contributed by atoms with Crippen molar-refractivity contribution in [1.82, 2.24) is 20.5 Å². The Morgan fingerprint density at radius 1 is 1.11 bits per heavy atom. The summed E-state index contributed by atoms with van der Waals surface area (Å²) >= 11 is 0. The molecule has 0 saturated carbocycles. The Hall–Kier alpha value is -2.36. The highest BCUT2D eigenvalue weighted by atomic mass is 19.4. The highest BCUT2D eigenvalue weighted by Gasteiger charge is 2.31. The average Bonchev–Trinajstić information content (AvgIpc) is 2.58. The molecule has 3 amide bonds. The number of rotatable bonds is 4. The number of aromatic nitrogens is 1. The molecule has 7 nitrogen and oxygen atoms in total. The molecule has 2 N–H and O–H groups in total. The molecule has 10 heteroatoms. The fourth-order valence-electron chi connectivity index (χ4n) is 2.76. The lowest BCUT2D eigenvalue weighted by Gasteiger charge is -2.35. The molecule has 1 fully saturated rings. The highest BCUT2D eigenvalue weighted by Crippen LogP contribution is 2.29. The third-order valence-electron chi connectivity index (χ3n) is 4.17. The van der Waals surface area contributed by atoms with E-state index in [1.165, 1.54) is 6.07 Å². The average molecular weight is 401 g/mol. The van der Waals surface area contributed by atoms with Gasteiger partial charge in [-0.05, 0) is 32.9 Å². The van der Waals surface area contributed by atoms with Crippen LogP contribution in [0.2, 0.25) is 0 Å². The molecule has 1 aliphatic heterocycles. The van der Waals surface area contributed by atoms with E-state index >= 15 is 0 Å². The third-order valence-corrected chi connectivity index (χ3v) is 4.17. The lowest BCUT2D eigenvalue weighted by molar-refractivity contribution is -0.137. The van der Waals surface area contributed by atoms with E-state index in [9.17, 15) is 22.8 Å². The number of anilines is 1. The normalized spacial score (nSPS) is 16.0.